The molecule has 0 amide bonds. The lowest BCUT2D eigenvalue weighted by Gasteiger charge is -2.11. The molecule has 0 aliphatic heterocycles. The van der Waals surface area contributed by atoms with Gasteiger partial charge in [0.1, 0.15) is 17.8 Å². The number of pyridine rings is 1. The zero-order valence-electron chi connectivity index (χ0n) is 15.1. The van der Waals surface area contributed by atoms with Crippen LogP contribution >= 0.6 is 11.6 Å². The standard InChI is InChI=1S/C19H22ClN7/c1-2-22-19(23-10-9-16-5-8-18(20)24-11-16)25-12-15-3-6-17(7-4-15)27-14-21-13-26-27/h3-8,11,13-14H,2,9-10,12H2,1H3,(H2,22,23,25). The Balaban J connectivity index is 1.54. The Labute approximate surface area is 163 Å². The molecule has 0 atom stereocenters. The first kappa shape index (κ1) is 18.8. The molecule has 3 rings (SSSR count). The van der Waals surface area contributed by atoms with Crippen LogP contribution in [0.25, 0.3) is 5.69 Å². The highest BCUT2D eigenvalue weighted by atomic mass is 35.5. The molecule has 0 unspecified atom stereocenters. The van der Waals surface area contributed by atoms with Crippen LogP contribution in [0.5, 0.6) is 0 Å². The highest BCUT2D eigenvalue weighted by molar-refractivity contribution is 6.29. The number of halogens is 1. The van der Waals surface area contributed by atoms with Crippen molar-refractivity contribution in [3.05, 3.63) is 71.5 Å². The topological polar surface area (TPSA) is 80.0 Å². The van der Waals surface area contributed by atoms with Gasteiger partial charge in [-0.3, -0.25) is 0 Å². The van der Waals surface area contributed by atoms with Crippen LogP contribution in [0.4, 0.5) is 0 Å². The normalized spacial score (nSPS) is 11.4. The lowest BCUT2D eigenvalue weighted by Crippen LogP contribution is -2.38. The van der Waals surface area contributed by atoms with Crippen LogP contribution in [0.2, 0.25) is 5.15 Å². The molecule has 0 saturated carbocycles. The number of rotatable bonds is 7. The van der Waals surface area contributed by atoms with E-state index in [4.69, 9.17) is 11.6 Å². The van der Waals surface area contributed by atoms with E-state index in [1.807, 2.05) is 37.3 Å². The predicted octanol–water partition coefficient (Wildman–Crippen LogP) is 2.61. The van der Waals surface area contributed by atoms with E-state index < -0.39 is 0 Å². The molecule has 2 aromatic heterocycles. The third kappa shape index (κ3) is 5.79. The van der Waals surface area contributed by atoms with Gasteiger partial charge in [0.15, 0.2) is 5.96 Å². The van der Waals surface area contributed by atoms with Gasteiger partial charge >= 0.3 is 0 Å². The minimum absolute atomic E-state index is 0.511. The number of aliphatic imine (C=N–C) groups is 1. The summed E-state index contributed by atoms with van der Waals surface area (Å²) in [5.41, 5.74) is 3.23. The lowest BCUT2D eigenvalue weighted by atomic mass is 10.2. The Kier molecular flexibility index (Phi) is 6.76. The molecule has 1 aromatic carbocycles. The number of aromatic nitrogens is 4. The van der Waals surface area contributed by atoms with E-state index in [-0.39, 0.29) is 0 Å². The molecule has 140 valence electrons. The summed E-state index contributed by atoms with van der Waals surface area (Å²) in [5, 5.41) is 11.2. The van der Waals surface area contributed by atoms with Gasteiger partial charge in [-0.05, 0) is 42.7 Å². The lowest BCUT2D eigenvalue weighted by molar-refractivity contribution is 0.797. The minimum Gasteiger partial charge on any atom is -0.357 e. The van der Waals surface area contributed by atoms with Crippen molar-refractivity contribution >= 4 is 17.6 Å². The van der Waals surface area contributed by atoms with Crippen molar-refractivity contribution in [2.75, 3.05) is 13.1 Å². The van der Waals surface area contributed by atoms with Crippen LogP contribution < -0.4 is 10.6 Å². The van der Waals surface area contributed by atoms with E-state index in [0.717, 1.165) is 42.3 Å². The minimum atomic E-state index is 0.511. The van der Waals surface area contributed by atoms with Gasteiger partial charge in [-0.1, -0.05) is 29.8 Å². The molecule has 0 saturated heterocycles. The molecule has 0 aliphatic rings. The molecule has 2 N–H and O–H groups in total. The third-order valence-electron chi connectivity index (χ3n) is 3.88. The van der Waals surface area contributed by atoms with Gasteiger partial charge in [-0.25, -0.2) is 19.6 Å². The number of guanidine groups is 1. The Bertz CT molecular complexity index is 843. The Morgan fingerprint density at radius 2 is 1.93 bits per heavy atom. The fourth-order valence-corrected chi connectivity index (χ4v) is 2.60. The number of hydrogen-bond donors (Lipinski definition) is 2. The largest absolute Gasteiger partial charge is 0.357 e. The quantitative estimate of drug-likeness (QED) is 0.372. The second-order valence-electron chi connectivity index (χ2n) is 5.87. The fraction of sp³-hybridized carbons (Fsp3) is 0.263. The molecular formula is C19H22ClN7. The Hall–Kier alpha value is -2.93. The summed E-state index contributed by atoms with van der Waals surface area (Å²) in [7, 11) is 0. The summed E-state index contributed by atoms with van der Waals surface area (Å²) in [6.45, 7) is 4.21. The SMILES string of the molecule is CCNC(=NCc1ccc(-n2cncn2)cc1)NCCc1ccc(Cl)nc1. The Morgan fingerprint density at radius 3 is 2.59 bits per heavy atom. The van der Waals surface area contributed by atoms with E-state index in [1.54, 1.807) is 23.3 Å². The summed E-state index contributed by atoms with van der Waals surface area (Å²) in [5.74, 6) is 0.791. The van der Waals surface area contributed by atoms with Crippen molar-refractivity contribution in [3.63, 3.8) is 0 Å². The van der Waals surface area contributed by atoms with Crippen molar-refractivity contribution < 1.29 is 0 Å². The second-order valence-corrected chi connectivity index (χ2v) is 6.25. The van der Waals surface area contributed by atoms with E-state index in [0.29, 0.717) is 11.7 Å². The molecule has 27 heavy (non-hydrogen) atoms. The van der Waals surface area contributed by atoms with Gasteiger partial charge in [0.2, 0.25) is 0 Å². The molecule has 0 aliphatic carbocycles. The highest BCUT2D eigenvalue weighted by Gasteiger charge is 2.01. The smallest absolute Gasteiger partial charge is 0.191 e. The summed E-state index contributed by atoms with van der Waals surface area (Å²) >= 11 is 5.81. The van der Waals surface area contributed by atoms with Gasteiger partial charge < -0.3 is 10.6 Å². The first-order valence-corrected chi connectivity index (χ1v) is 9.19. The monoisotopic (exact) mass is 383 g/mol. The Morgan fingerprint density at radius 1 is 1.11 bits per heavy atom. The number of nitrogens with one attached hydrogen (secondary N) is 2. The third-order valence-corrected chi connectivity index (χ3v) is 4.10. The summed E-state index contributed by atoms with van der Waals surface area (Å²) in [6, 6.07) is 11.9. The van der Waals surface area contributed by atoms with Crippen molar-refractivity contribution in [2.45, 2.75) is 19.9 Å². The number of benzene rings is 1. The maximum atomic E-state index is 5.81. The number of hydrogen-bond acceptors (Lipinski definition) is 4. The molecular weight excluding hydrogens is 362 g/mol. The van der Waals surface area contributed by atoms with Gasteiger partial charge in [0, 0.05) is 19.3 Å². The molecule has 7 nitrogen and oxygen atoms in total. The zero-order chi connectivity index (χ0) is 18.9. The molecule has 3 aromatic rings. The molecule has 0 bridgehead atoms. The van der Waals surface area contributed by atoms with Gasteiger partial charge in [-0.15, -0.1) is 0 Å². The molecule has 0 spiro atoms. The van der Waals surface area contributed by atoms with Crippen molar-refractivity contribution in [1.29, 1.82) is 0 Å². The van der Waals surface area contributed by atoms with Crippen LogP contribution in [0, 0.1) is 0 Å². The molecule has 2 heterocycles. The van der Waals surface area contributed by atoms with Crippen LogP contribution in [0.15, 0.2) is 60.2 Å². The van der Waals surface area contributed by atoms with E-state index in [1.165, 1.54) is 6.33 Å². The van der Waals surface area contributed by atoms with Gasteiger partial charge in [0.05, 0.1) is 12.2 Å². The summed E-state index contributed by atoms with van der Waals surface area (Å²) in [6.07, 6.45) is 5.84. The van der Waals surface area contributed by atoms with Crippen LogP contribution in [-0.4, -0.2) is 38.8 Å². The highest BCUT2D eigenvalue weighted by Crippen LogP contribution is 2.09. The van der Waals surface area contributed by atoms with Crippen molar-refractivity contribution in [1.82, 2.24) is 30.4 Å². The van der Waals surface area contributed by atoms with Crippen LogP contribution in [0.3, 0.4) is 0 Å². The second kappa shape index (κ2) is 9.68. The van der Waals surface area contributed by atoms with Crippen molar-refractivity contribution in [3.8, 4) is 5.69 Å². The maximum absolute atomic E-state index is 5.81. The fourth-order valence-electron chi connectivity index (χ4n) is 2.49. The van der Waals surface area contributed by atoms with Crippen LogP contribution in [-0.2, 0) is 13.0 Å². The van der Waals surface area contributed by atoms with Crippen molar-refractivity contribution in [2.24, 2.45) is 4.99 Å². The molecule has 8 heteroatoms. The van der Waals surface area contributed by atoms with E-state index in [2.05, 4.69) is 30.7 Å². The number of nitrogens with zero attached hydrogens (tertiary/aromatic N) is 5. The van der Waals surface area contributed by atoms with Gasteiger partial charge in [0.25, 0.3) is 0 Å². The predicted molar refractivity (Wildman–Crippen MR) is 107 cm³/mol. The average molecular weight is 384 g/mol. The molecule has 0 fully saturated rings. The zero-order valence-corrected chi connectivity index (χ0v) is 15.9. The first-order valence-electron chi connectivity index (χ1n) is 8.81. The van der Waals surface area contributed by atoms with E-state index in [9.17, 15) is 0 Å². The first-order chi connectivity index (χ1) is 13.2. The average Bonchev–Trinajstić information content (AvgIpc) is 3.23. The maximum Gasteiger partial charge on any atom is 0.191 e. The van der Waals surface area contributed by atoms with E-state index >= 15 is 0 Å². The van der Waals surface area contributed by atoms with Crippen LogP contribution in [0.1, 0.15) is 18.1 Å². The summed E-state index contributed by atoms with van der Waals surface area (Å²) < 4.78 is 1.73. The molecule has 0 radical (unpaired) electrons. The van der Waals surface area contributed by atoms with Gasteiger partial charge in [-0.2, -0.15) is 5.10 Å². The summed E-state index contributed by atoms with van der Waals surface area (Å²) in [4.78, 5) is 12.7.